The van der Waals surface area contributed by atoms with E-state index in [-0.39, 0.29) is 32.7 Å². The number of pyridine rings is 1. The molecule has 1 aliphatic rings. The summed E-state index contributed by atoms with van der Waals surface area (Å²) in [6, 6.07) is 1.55. The zero-order valence-corrected chi connectivity index (χ0v) is 10.7. The van der Waals surface area contributed by atoms with Crippen LogP contribution in [0.2, 0.25) is 0 Å². The van der Waals surface area contributed by atoms with Gasteiger partial charge in [0.1, 0.15) is 0 Å². The van der Waals surface area contributed by atoms with Crippen LogP contribution in [0.15, 0.2) is 6.07 Å². The predicted molar refractivity (Wildman–Crippen MR) is 45.6 cm³/mol. The Morgan fingerprint density at radius 2 is 2.07 bits per heavy atom. The summed E-state index contributed by atoms with van der Waals surface area (Å²) in [6.45, 7) is 1.69. The van der Waals surface area contributed by atoms with E-state index in [1.807, 2.05) is 0 Å². The molecule has 0 aromatic carbocycles. The third-order valence-corrected chi connectivity index (χ3v) is 2.14. The third kappa shape index (κ3) is 1.42. The van der Waals surface area contributed by atoms with Crippen molar-refractivity contribution in [2.24, 2.45) is 0 Å². The van der Waals surface area contributed by atoms with Crippen molar-refractivity contribution >= 4 is 17.4 Å². The normalized spacial score (nSPS) is 14.0. The second-order valence-electron chi connectivity index (χ2n) is 2.92. The molecular weight excluding hydrogens is 257 g/mol. The summed E-state index contributed by atoms with van der Waals surface area (Å²) in [5.41, 5.74) is 1.56. The molecule has 0 N–H and O–H groups in total. The maximum absolute atomic E-state index is 11.4. The Hall–Kier alpha value is -0.606. The largest absolute Gasteiger partial charge is 0.390 e. The summed E-state index contributed by atoms with van der Waals surface area (Å²) in [4.78, 5) is 27.8. The predicted octanol–water partition coefficient (Wildman–Crippen LogP) is 0.347. The van der Waals surface area contributed by atoms with Crippen LogP contribution in [0.3, 0.4) is 0 Å². The Balaban J connectivity index is 0.000000980. The summed E-state index contributed by atoms with van der Waals surface area (Å²) in [5.74, 6) is -0.976. The second-order valence-corrected chi connectivity index (χ2v) is 2.92. The summed E-state index contributed by atoms with van der Waals surface area (Å²) in [6.07, 6.45) is 2.64. The fraction of sp³-hybridized carbons (Fsp3) is 0.222. The summed E-state index contributed by atoms with van der Waals surface area (Å²) in [7, 11) is 1.57. The zero-order chi connectivity index (χ0) is 9.59. The van der Waals surface area contributed by atoms with Gasteiger partial charge >= 0.3 is 0 Å². The first kappa shape index (κ1) is 11.5. The van der Waals surface area contributed by atoms with E-state index in [9.17, 15) is 9.59 Å². The second kappa shape index (κ2) is 3.87. The SMILES string of the molecule is Cc1n[c-]cc2c1C(=O)C(=O)N2C.[Y]. The molecule has 0 saturated heterocycles. The number of nitrogens with zero attached hydrogens (tertiary/aromatic N) is 2. The molecule has 0 bridgehead atoms. The quantitative estimate of drug-likeness (QED) is 0.501. The third-order valence-electron chi connectivity index (χ3n) is 2.14. The van der Waals surface area contributed by atoms with E-state index in [4.69, 9.17) is 0 Å². The van der Waals surface area contributed by atoms with Crippen molar-refractivity contribution in [1.29, 1.82) is 0 Å². The van der Waals surface area contributed by atoms with Crippen LogP contribution < -0.4 is 4.90 Å². The molecule has 1 amide bonds. The van der Waals surface area contributed by atoms with Crippen molar-refractivity contribution in [2.75, 3.05) is 11.9 Å². The summed E-state index contributed by atoms with van der Waals surface area (Å²) >= 11 is 0. The van der Waals surface area contributed by atoms with E-state index < -0.39 is 11.7 Å². The van der Waals surface area contributed by atoms with Crippen LogP contribution >= 0.6 is 0 Å². The number of rotatable bonds is 0. The molecule has 1 aliphatic heterocycles. The van der Waals surface area contributed by atoms with Crippen LogP contribution in [-0.4, -0.2) is 23.7 Å². The Morgan fingerprint density at radius 1 is 1.43 bits per heavy atom. The minimum Gasteiger partial charge on any atom is -0.390 e. The first-order valence-electron chi connectivity index (χ1n) is 3.83. The number of amides is 1. The van der Waals surface area contributed by atoms with Gasteiger partial charge in [-0.05, 0) is 5.56 Å². The number of Topliss-reactive ketones (excluding diaryl/α,β-unsaturated/α-hetero) is 1. The molecule has 5 heteroatoms. The average Bonchev–Trinajstić information content (AvgIpc) is 2.33. The maximum atomic E-state index is 11.4. The molecule has 2 heterocycles. The van der Waals surface area contributed by atoms with E-state index in [2.05, 4.69) is 11.2 Å². The first-order valence-corrected chi connectivity index (χ1v) is 3.83. The van der Waals surface area contributed by atoms with E-state index in [1.165, 1.54) is 4.90 Å². The average molecular weight is 264 g/mol. The van der Waals surface area contributed by atoms with Crippen LogP contribution in [0.25, 0.3) is 0 Å². The van der Waals surface area contributed by atoms with E-state index >= 15 is 0 Å². The molecule has 1 aromatic rings. The van der Waals surface area contributed by atoms with Gasteiger partial charge in [-0.25, -0.2) is 0 Å². The van der Waals surface area contributed by atoms with Crippen LogP contribution in [-0.2, 0) is 37.5 Å². The smallest absolute Gasteiger partial charge is 0.286 e. The molecule has 0 saturated carbocycles. The number of fused-ring (bicyclic) bond motifs is 1. The van der Waals surface area contributed by atoms with Gasteiger partial charge in [-0.3, -0.25) is 9.59 Å². The molecule has 0 fully saturated rings. The zero-order valence-electron chi connectivity index (χ0n) is 7.87. The molecule has 0 atom stereocenters. The van der Waals surface area contributed by atoms with Gasteiger partial charge < -0.3 is 9.88 Å². The number of aryl methyl sites for hydroxylation is 1. The fourth-order valence-corrected chi connectivity index (χ4v) is 1.42. The molecule has 0 unspecified atom stereocenters. The molecule has 4 nitrogen and oxygen atoms in total. The Kier molecular flexibility index (Phi) is 3.17. The number of carbonyl (C=O) groups is 2. The topological polar surface area (TPSA) is 50.3 Å². The van der Waals surface area contributed by atoms with E-state index in [0.29, 0.717) is 16.9 Å². The Labute approximate surface area is 107 Å². The van der Waals surface area contributed by atoms with Crippen LogP contribution in [0.4, 0.5) is 5.69 Å². The van der Waals surface area contributed by atoms with Crippen molar-refractivity contribution < 1.29 is 42.3 Å². The molecule has 0 aliphatic carbocycles. The number of carbonyl (C=O) groups excluding carboxylic acids is 2. The summed E-state index contributed by atoms with van der Waals surface area (Å²) in [5, 5.41) is 0. The van der Waals surface area contributed by atoms with Crippen molar-refractivity contribution in [3.63, 3.8) is 0 Å². The molecule has 1 radical (unpaired) electrons. The van der Waals surface area contributed by atoms with E-state index in [0.717, 1.165) is 0 Å². The van der Waals surface area contributed by atoms with Gasteiger partial charge in [-0.15, -0.1) is 6.07 Å². The minimum absolute atomic E-state index is 0. The first-order chi connectivity index (χ1) is 6.13. The molecule has 2 rings (SSSR count). The van der Waals surface area contributed by atoms with Gasteiger partial charge in [0, 0.05) is 39.8 Å². The Morgan fingerprint density at radius 3 is 2.64 bits per heavy atom. The minimum atomic E-state index is -0.500. The molecule has 69 valence electrons. The molecular formula is C9H7N2O2Y-. The van der Waals surface area contributed by atoms with Crippen LogP contribution in [0.1, 0.15) is 16.1 Å². The number of hydrogen-bond donors (Lipinski definition) is 0. The van der Waals surface area contributed by atoms with Crippen LogP contribution in [0, 0.1) is 13.1 Å². The van der Waals surface area contributed by atoms with Gasteiger partial charge in [-0.2, -0.15) is 0 Å². The number of anilines is 1. The van der Waals surface area contributed by atoms with Crippen molar-refractivity contribution in [1.82, 2.24) is 4.98 Å². The van der Waals surface area contributed by atoms with Gasteiger partial charge in [0.2, 0.25) is 5.78 Å². The monoisotopic (exact) mass is 264 g/mol. The van der Waals surface area contributed by atoms with Gasteiger partial charge in [0.25, 0.3) is 5.91 Å². The number of aromatic nitrogens is 1. The standard InChI is InChI=1S/C9H7N2O2.Y/c1-5-7-6(3-4-10-5)11(2)9(13)8(7)12;/h3H,1-2H3;/q-1;. The van der Waals surface area contributed by atoms with Gasteiger partial charge in [0.15, 0.2) is 0 Å². The van der Waals surface area contributed by atoms with Crippen molar-refractivity contribution in [3.8, 4) is 0 Å². The number of hydrogen-bond acceptors (Lipinski definition) is 3. The van der Waals surface area contributed by atoms with Crippen LogP contribution in [0.5, 0.6) is 0 Å². The van der Waals surface area contributed by atoms with Gasteiger partial charge in [0.05, 0.1) is 0 Å². The molecule has 1 aromatic heterocycles. The number of likely N-dealkylation sites (N-methyl/N-ethyl adjacent to an activating group) is 1. The van der Waals surface area contributed by atoms with Gasteiger partial charge in [-0.1, -0.05) is 24.5 Å². The Bertz CT molecular complexity index is 417. The van der Waals surface area contributed by atoms with E-state index in [1.54, 1.807) is 20.0 Å². The number of ketones is 1. The maximum Gasteiger partial charge on any atom is 0.286 e. The summed E-state index contributed by atoms with van der Waals surface area (Å²) < 4.78 is 0. The molecule has 14 heavy (non-hydrogen) atoms. The molecule has 0 spiro atoms. The fourth-order valence-electron chi connectivity index (χ4n) is 1.42. The van der Waals surface area contributed by atoms with Crippen molar-refractivity contribution in [2.45, 2.75) is 6.92 Å². The van der Waals surface area contributed by atoms with Crippen molar-refractivity contribution in [3.05, 3.63) is 23.5 Å².